The van der Waals surface area contributed by atoms with Gasteiger partial charge in [-0.3, -0.25) is 9.59 Å². The number of rotatable bonds is 8. The molecule has 2 N–H and O–H groups in total. The van der Waals surface area contributed by atoms with Crippen LogP contribution in [-0.2, 0) is 27.3 Å². The minimum atomic E-state index is -0.258. The van der Waals surface area contributed by atoms with E-state index in [0.717, 1.165) is 28.9 Å². The van der Waals surface area contributed by atoms with Gasteiger partial charge in [-0.15, -0.1) is 0 Å². The predicted octanol–water partition coefficient (Wildman–Crippen LogP) is 5.44. The van der Waals surface area contributed by atoms with E-state index < -0.39 is 0 Å². The molecule has 0 aliphatic carbocycles. The Labute approximate surface area is 210 Å². The van der Waals surface area contributed by atoms with E-state index in [1.165, 1.54) is 12.7 Å². The molecule has 7 heteroatoms. The molecule has 0 bridgehead atoms. The number of benzene rings is 3. The minimum absolute atomic E-state index is 0.200. The van der Waals surface area contributed by atoms with Gasteiger partial charge in [-0.25, -0.2) is 0 Å². The molecule has 1 aliphatic heterocycles. The summed E-state index contributed by atoms with van der Waals surface area (Å²) < 4.78 is 4.78. The number of halogens is 1. The second-order valence-electron chi connectivity index (χ2n) is 8.73. The van der Waals surface area contributed by atoms with Gasteiger partial charge in [0.05, 0.1) is 24.1 Å². The molecule has 180 valence electrons. The van der Waals surface area contributed by atoms with E-state index in [9.17, 15) is 9.59 Å². The van der Waals surface area contributed by atoms with Gasteiger partial charge in [0.15, 0.2) is 0 Å². The van der Waals surface area contributed by atoms with Crippen LogP contribution in [0, 0.1) is 0 Å². The van der Waals surface area contributed by atoms with Crippen LogP contribution in [0.4, 0.5) is 11.4 Å². The number of nitrogens with zero attached hydrogens (tertiary/aromatic N) is 1. The number of ether oxygens (including phenoxy) is 1. The second kappa shape index (κ2) is 10.8. The summed E-state index contributed by atoms with van der Waals surface area (Å²) in [5, 5.41) is 6.97. The van der Waals surface area contributed by atoms with E-state index in [1.807, 2.05) is 56.6 Å². The van der Waals surface area contributed by atoms with E-state index in [2.05, 4.69) is 27.7 Å². The number of esters is 1. The highest BCUT2D eigenvalue weighted by Crippen LogP contribution is 2.39. The van der Waals surface area contributed by atoms with Crippen LogP contribution in [0.5, 0.6) is 0 Å². The lowest BCUT2D eigenvalue weighted by Gasteiger charge is -2.17. The monoisotopic (exact) mass is 489 g/mol. The van der Waals surface area contributed by atoms with Gasteiger partial charge in [-0.1, -0.05) is 48.0 Å². The van der Waals surface area contributed by atoms with Crippen LogP contribution in [0.2, 0.25) is 5.02 Å². The van der Waals surface area contributed by atoms with Crippen molar-refractivity contribution in [2.24, 2.45) is 0 Å². The number of hydrogen-bond donors (Lipinski definition) is 2. The Morgan fingerprint density at radius 3 is 2.51 bits per heavy atom. The molecule has 0 unspecified atom stereocenters. The molecule has 3 aromatic rings. The summed E-state index contributed by atoms with van der Waals surface area (Å²) in [5.74, 6) is -0.458. The summed E-state index contributed by atoms with van der Waals surface area (Å²) in [4.78, 5) is 26.9. The molecule has 1 aliphatic rings. The van der Waals surface area contributed by atoms with Gasteiger partial charge >= 0.3 is 5.97 Å². The first-order valence-electron chi connectivity index (χ1n) is 11.4. The Morgan fingerprint density at radius 2 is 1.80 bits per heavy atom. The van der Waals surface area contributed by atoms with Crippen LogP contribution in [0.3, 0.4) is 0 Å². The van der Waals surface area contributed by atoms with Crippen LogP contribution in [0.15, 0.2) is 66.7 Å². The molecule has 0 spiro atoms. The van der Waals surface area contributed by atoms with Crippen molar-refractivity contribution in [2.45, 2.75) is 19.4 Å². The number of carbonyl (C=O) groups excluding carboxylic acids is 2. The van der Waals surface area contributed by atoms with Crippen LogP contribution < -0.4 is 10.6 Å². The molecule has 35 heavy (non-hydrogen) atoms. The second-order valence-corrected chi connectivity index (χ2v) is 9.17. The molecule has 0 radical (unpaired) electrons. The lowest BCUT2D eigenvalue weighted by atomic mass is 9.97. The number of methoxy groups -OCH3 is 1. The van der Waals surface area contributed by atoms with Gasteiger partial charge in [0, 0.05) is 29.2 Å². The number of fused-ring (bicyclic) bond motifs is 1. The highest BCUT2D eigenvalue weighted by Gasteiger charge is 2.28. The molecule has 0 atom stereocenters. The van der Waals surface area contributed by atoms with Gasteiger partial charge in [-0.05, 0) is 67.5 Å². The number of carbonyl (C=O) groups is 2. The third-order valence-electron chi connectivity index (χ3n) is 5.76. The Morgan fingerprint density at radius 1 is 1.03 bits per heavy atom. The van der Waals surface area contributed by atoms with Crippen LogP contribution in [0.1, 0.15) is 28.7 Å². The van der Waals surface area contributed by atoms with Gasteiger partial charge in [-0.2, -0.15) is 0 Å². The van der Waals surface area contributed by atoms with Crippen molar-refractivity contribution in [3.8, 4) is 0 Å². The van der Waals surface area contributed by atoms with E-state index in [4.69, 9.17) is 16.3 Å². The largest absolute Gasteiger partial charge is 0.469 e. The molecule has 1 heterocycles. The Hall–Kier alpha value is -3.61. The fourth-order valence-corrected chi connectivity index (χ4v) is 4.28. The van der Waals surface area contributed by atoms with E-state index in [1.54, 1.807) is 12.1 Å². The molecule has 0 saturated carbocycles. The Balaban J connectivity index is 1.76. The summed E-state index contributed by atoms with van der Waals surface area (Å²) in [7, 11) is 5.45. The van der Waals surface area contributed by atoms with Gasteiger partial charge < -0.3 is 20.3 Å². The molecule has 4 rings (SSSR count). The fraction of sp³-hybridized carbons (Fsp3) is 0.214. The first kappa shape index (κ1) is 24.5. The van der Waals surface area contributed by atoms with Crippen LogP contribution in [0.25, 0.3) is 11.3 Å². The maximum Gasteiger partial charge on any atom is 0.305 e. The average Bonchev–Trinajstić information content (AvgIpc) is 3.16. The Bertz CT molecular complexity index is 1280. The van der Waals surface area contributed by atoms with Crippen molar-refractivity contribution < 1.29 is 14.3 Å². The average molecular weight is 490 g/mol. The summed E-state index contributed by atoms with van der Waals surface area (Å²) in [6, 6.07) is 21.4. The standard InChI is InChI=1S/C28H28ClN3O3/c1-32(2)17-19-7-11-22(12-8-19)30-27(20-6-4-5-18(15-20)9-14-25(33)35-3)26-23-13-10-21(29)16-24(23)31-28(26)34/h4-8,10-13,15-16,30H,9,14,17H2,1-3H3,(H,31,34)/b27-26-. The summed E-state index contributed by atoms with van der Waals surface area (Å²) in [6.07, 6.45) is 0.829. The lowest BCUT2D eigenvalue weighted by Crippen LogP contribution is -2.11. The number of amides is 1. The lowest BCUT2D eigenvalue weighted by molar-refractivity contribution is -0.140. The molecule has 6 nitrogen and oxygen atoms in total. The molecule has 0 saturated heterocycles. The van der Waals surface area contributed by atoms with Crippen molar-refractivity contribution in [1.82, 2.24) is 4.90 Å². The van der Waals surface area contributed by atoms with E-state index in [-0.39, 0.29) is 18.3 Å². The zero-order valence-corrected chi connectivity index (χ0v) is 20.8. The van der Waals surface area contributed by atoms with E-state index >= 15 is 0 Å². The minimum Gasteiger partial charge on any atom is -0.469 e. The topological polar surface area (TPSA) is 70.7 Å². The van der Waals surface area contributed by atoms with Gasteiger partial charge in [0.2, 0.25) is 0 Å². The molecule has 0 aromatic heterocycles. The SMILES string of the molecule is COC(=O)CCc1cccc(/C(Nc2ccc(CN(C)C)cc2)=C2/C(=O)Nc3cc(Cl)ccc32)c1. The number of anilines is 2. The predicted molar refractivity (Wildman–Crippen MR) is 141 cm³/mol. The smallest absolute Gasteiger partial charge is 0.305 e. The molecular formula is C28H28ClN3O3. The molecule has 3 aromatic carbocycles. The number of nitrogens with one attached hydrogen (secondary N) is 2. The van der Waals surface area contributed by atoms with Crippen molar-refractivity contribution in [1.29, 1.82) is 0 Å². The van der Waals surface area contributed by atoms with Crippen molar-refractivity contribution in [3.05, 3.63) is 94.0 Å². The third kappa shape index (κ3) is 5.91. The third-order valence-corrected chi connectivity index (χ3v) is 5.99. The van der Waals surface area contributed by atoms with Gasteiger partial charge in [0.25, 0.3) is 5.91 Å². The van der Waals surface area contributed by atoms with Crippen molar-refractivity contribution in [3.63, 3.8) is 0 Å². The molecular weight excluding hydrogens is 462 g/mol. The highest BCUT2D eigenvalue weighted by molar-refractivity contribution is 6.38. The summed E-state index contributed by atoms with van der Waals surface area (Å²) in [6.45, 7) is 0.840. The normalized spacial score (nSPS) is 13.9. The Kier molecular flexibility index (Phi) is 7.54. The zero-order chi connectivity index (χ0) is 24.9. The van der Waals surface area contributed by atoms with Crippen LogP contribution in [-0.4, -0.2) is 38.0 Å². The summed E-state index contributed by atoms with van der Waals surface area (Å²) in [5.41, 5.74) is 6.57. The first-order valence-corrected chi connectivity index (χ1v) is 11.7. The zero-order valence-electron chi connectivity index (χ0n) is 20.0. The highest BCUT2D eigenvalue weighted by atomic mass is 35.5. The molecule has 0 fully saturated rings. The fourth-order valence-electron chi connectivity index (χ4n) is 4.11. The van der Waals surface area contributed by atoms with E-state index in [0.29, 0.717) is 28.4 Å². The van der Waals surface area contributed by atoms with Crippen molar-refractivity contribution in [2.75, 3.05) is 31.8 Å². The van der Waals surface area contributed by atoms with Crippen molar-refractivity contribution >= 4 is 46.1 Å². The maximum absolute atomic E-state index is 13.1. The quantitative estimate of drug-likeness (QED) is 0.325. The maximum atomic E-state index is 13.1. The summed E-state index contributed by atoms with van der Waals surface area (Å²) >= 11 is 6.16. The van der Waals surface area contributed by atoms with Gasteiger partial charge in [0.1, 0.15) is 0 Å². The first-order chi connectivity index (χ1) is 16.8. The number of hydrogen-bond acceptors (Lipinski definition) is 5. The van der Waals surface area contributed by atoms with Crippen LogP contribution >= 0.6 is 11.6 Å². The molecule has 1 amide bonds. The number of aryl methyl sites for hydroxylation is 1.